The van der Waals surface area contributed by atoms with Gasteiger partial charge in [-0.1, -0.05) is 0 Å². The highest BCUT2D eigenvalue weighted by Crippen LogP contribution is 2.50. The van der Waals surface area contributed by atoms with Crippen molar-refractivity contribution < 1.29 is 9.11 Å². The van der Waals surface area contributed by atoms with Gasteiger partial charge in [-0.15, -0.1) is 10.8 Å². The Morgan fingerprint density at radius 3 is 2.79 bits per heavy atom. The zero-order valence-corrected chi connectivity index (χ0v) is 9.83. The fraction of sp³-hybridized carbons (Fsp3) is 0.375. The van der Waals surface area contributed by atoms with Crippen molar-refractivity contribution in [1.29, 1.82) is 0 Å². The van der Waals surface area contributed by atoms with E-state index in [1.807, 2.05) is 6.07 Å². The van der Waals surface area contributed by atoms with Crippen molar-refractivity contribution in [2.75, 3.05) is 16.6 Å². The monoisotopic (exact) mass is 278 g/mol. The summed E-state index contributed by atoms with van der Waals surface area (Å²) in [5.74, 6) is 0.458. The molecule has 0 spiro atoms. The standard InChI is InChI=1S/C8H11BrN2O2S/c9-7-4-8(6-10-5-7)11-2-1-3-14(11,12)13/h4-6,12-13H,1-3H2. The number of aromatic nitrogens is 1. The van der Waals surface area contributed by atoms with Crippen molar-refractivity contribution in [3.63, 3.8) is 0 Å². The molecular formula is C8H11BrN2O2S. The summed E-state index contributed by atoms with van der Waals surface area (Å²) in [4.78, 5) is 4.00. The van der Waals surface area contributed by atoms with Crippen LogP contribution in [-0.4, -0.2) is 26.4 Å². The van der Waals surface area contributed by atoms with Gasteiger partial charge >= 0.3 is 0 Å². The van der Waals surface area contributed by atoms with Gasteiger partial charge in [0.25, 0.3) is 0 Å². The summed E-state index contributed by atoms with van der Waals surface area (Å²) in [6.45, 7) is 0.681. The van der Waals surface area contributed by atoms with E-state index in [4.69, 9.17) is 0 Å². The van der Waals surface area contributed by atoms with Gasteiger partial charge in [-0.25, -0.2) is 0 Å². The molecule has 14 heavy (non-hydrogen) atoms. The van der Waals surface area contributed by atoms with Crippen LogP contribution >= 0.6 is 26.7 Å². The average Bonchev–Trinajstić information content (AvgIpc) is 2.45. The molecule has 2 heterocycles. The topological polar surface area (TPSA) is 56.6 Å². The lowest BCUT2D eigenvalue weighted by Gasteiger charge is -2.37. The fourth-order valence-corrected chi connectivity index (χ4v) is 3.44. The maximum absolute atomic E-state index is 9.72. The van der Waals surface area contributed by atoms with Crippen LogP contribution < -0.4 is 4.31 Å². The quantitative estimate of drug-likeness (QED) is 0.830. The predicted molar refractivity (Wildman–Crippen MR) is 61.6 cm³/mol. The lowest BCUT2D eigenvalue weighted by atomic mass is 10.4. The first-order chi connectivity index (χ1) is 6.59. The normalized spacial score (nSPS) is 22.4. The minimum Gasteiger partial charge on any atom is -0.282 e. The molecule has 0 atom stereocenters. The Morgan fingerprint density at radius 1 is 1.43 bits per heavy atom. The lowest BCUT2D eigenvalue weighted by Crippen LogP contribution is -2.21. The number of pyridine rings is 1. The van der Waals surface area contributed by atoms with E-state index >= 15 is 0 Å². The molecule has 2 rings (SSSR count). The van der Waals surface area contributed by atoms with Gasteiger partial charge in [0.05, 0.1) is 17.6 Å². The van der Waals surface area contributed by atoms with Gasteiger partial charge in [-0.2, -0.15) is 0 Å². The zero-order valence-electron chi connectivity index (χ0n) is 7.43. The minimum absolute atomic E-state index is 0.458. The highest BCUT2D eigenvalue weighted by molar-refractivity contribution is 9.10. The second-order valence-corrected chi connectivity index (χ2v) is 6.18. The molecule has 1 aromatic rings. The van der Waals surface area contributed by atoms with Crippen molar-refractivity contribution in [3.05, 3.63) is 22.9 Å². The minimum atomic E-state index is -2.58. The van der Waals surface area contributed by atoms with Crippen LogP contribution in [0.4, 0.5) is 5.69 Å². The SMILES string of the molecule is OS1(O)CCCN1c1cncc(Br)c1. The third-order valence-electron chi connectivity index (χ3n) is 2.11. The number of hydrogen-bond acceptors (Lipinski definition) is 4. The Morgan fingerprint density at radius 2 is 2.21 bits per heavy atom. The lowest BCUT2D eigenvalue weighted by molar-refractivity contribution is 0.491. The summed E-state index contributed by atoms with van der Waals surface area (Å²) in [6.07, 6.45) is 4.13. The van der Waals surface area contributed by atoms with Crippen LogP contribution in [0.2, 0.25) is 0 Å². The van der Waals surface area contributed by atoms with Gasteiger partial charge < -0.3 is 0 Å². The number of anilines is 1. The van der Waals surface area contributed by atoms with Gasteiger partial charge in [-0.3, -0.25) is 18.4 Å². The van der Waals surface area contributed by atoms with Crippen LogP contribution in [0.25, 0.3) is 0 Å². The van der Waals surface area contributed by atoms with Crippen LogP contribution in [-0.2, 0) is 0 Å². The Labute approximate surface area is 92.6 Å². The van der Waals surface area contributed by atoms with Crippen molar-refractivity contribution in [2.24, 2.45) is 0 Å². The average molecular weight is 279 g/mol. The summed E-state index contributed by atoms with van der Waals surface area (Å²) in [7, 11) is -2.58. The second-order valence-electron chi connectivity index (χ2n) is 3.15. The third-order valence-corrected chi connectivity index (χ3v) is 4.48. The molecule has 1 aromatic heterocycles. The second kappa shape index (κ2) is 3.69. The number of hydrogen-bond donors (Lipinski definition) is 2. The van der Waals surface area contributed by atoms with Crippen LogP contribution in [0.1, 0.15) is 6.42 Å². The molecule has 1 saturated heterocycles. The molecule has 0 aliphatic carbocycles. The molecule has 0 radical (unpaired) electrons. The van der Waals surface area contributed by atoms with E-state index in [1.54, 1.807) is 16.7 Å². The maximum atomic E-state index is 9.72. The summed E-state index contributed by atoms with van der Waals surface area (Å²) in [5.41, 5.74) is 0.761. The summed E-state index contributed by atoms with van der Waals surface area (Å²) < 4.78 is 21.9. The molecule has 1 aliphatic rings. The van der Waals surface area contributed by atoms with E-state index in [2.05, 4.69) is 20.9 Å². The molecule has 0 bridgehead atoms. The molecule has 0 unspecified atom stereocenters. The molecule has 4 nitrogen and oxygen atoms in total. The molecule has 2 N–H and O–H groups in total. The number of nitrogens with zero attached hydrogens (tertiary/aromatic N) is 2. The highest BCUT2D eigenvalue weighted by atomic mass is 79.9. The first-order valence-corrected chi connectivity index (χ1v) is 6.70. The molecule has 1 aliphatic heterocycles. The fourth-order valence-electron chi connectivity index (χ4n) is 1.49. The molecule has 1 fully saturated rings. The Balaban J connectivity index is 2.31. The molecule has 78 valence electrons. The highest BCUT2D eigenvalue weighted by Gasteiger charge is 2.29. The molecule has 0 aromatic carbocycles. The van der Waals surface area contributed by atoms with Crippen LogP contribution in [0.5, 0.6) is 0 Å². The molecule has 0 amide bonds. The van der Waals surface area contributed by atoms with Crippen LogP contribution in [0, 0.1) is 0 Å². The van der Waals surface area contributed by atoms with E-state index < -0.39 is 10.8 Å². The van der Waals surface area contributed by atoms with E-state index in [9.17, 15) is 9.11 Å². The molecule has 6 heteroatoms. The Bertz CT molecular complexity index is 348. The van der Waals surface area contributed by atoms with E-state index in [0.29, 0.717) is 12.3 Å². The first kappa shape index (κ1) is 10.2. The van der Waals surface area contributed by atoms with Crippen LogP contribution in [0.15, 0.2) is 22.9 Å². The Kier molecular flexibility index (Phi) is 2.70. The van der Waals surface area contributed by atoms with Gasteiger partial charge in [0.1, 0.15) is 0 Å². The van der Waals surface area contributed by atoms with Gasteiger partial charge in [-0.05, 0) is 28.4 Å². The Hall–Kier alpha value is -0.300. The van der Waals surface area contributed by atoms with Crippen molar-refractivity contribution in [3.8, 4) is 0 Å². The maximum Gasteiger partial charge on any atom is 0.0762 e. The van der Waals surface area contributed by atoms with Crippen molar-refractivity contribution >= 4 is 32.4 Å². The van der Waals surface area contributed by atoms with Gasteiger partial charge in [0.15, 0.2) is 0 Å². The van der Waals surface area contributed by atoms with E-state index in [1.165, 1.54) is 0 Å². The summed E-state index contributed by atoms with van der Waals surface area (Å²) >= 11 is 3.30. The van der Waals surface area contributed by atoms with Crippen LogP contribution in [0.3, 0.4) is 0 Å². The smallest absolute Gasteiger partial charge is 0.0762 e. The summed E-state index contributed by atoms with van der Waals surface area (Å²) in [6, 6.07) is 1.84. The van der Waals surface area contributed by atoms with Gasteiger partial charge in [0.2, 0.25) is 0 Å². The van der Waals surface area contributed by atoms with Crippen molar-refractivity contribution in [2.45, 2.75) is 6.42 Å². The van der Waals surface area contributed by atoms with E-state index in [0.717, 1.165) is 16.6 Å². The largest absolute Gasteiger partial charge is 0.282 e. The molecular weight excluding hydrogens is 268 g/mol. The molecule has 0 saturated carbocycles. The van der Waals surface area contributed by atoms with Gasteiger partial charge in [0, 0.05) is 17.2 Å². The van der Waals surface area contributed by atoms with Crippen molar-refractivity contribution in [1.82, 2.24) is 4.98 Å². The predicted octanol–water partition coefficient (Wildman–Crippen LogP) is 2.72. The number of rotatable bonds is 1. The third kappa shape index (κ3) is 1.88. The van der Waals surface area contributed by atoms with E-state index in [-0.39, 0.29) is 0 Å². The number of halogens is 1. The zero-order chi connectivity index (χ0) is 10.2. The first-order valence-electron chi connectivity index (χ1n) is 4.24. The summed E-state index contributed by atoms with van der Waals surface area (Å²) in [5, 5.41) is 0.